The molecule has 0 atom stereocenters. The molecule has 1 amide bonds. The number of amides is 1. The number of fused-ring (bicyclic) bond motifs is 1. The quantitative estimate of drug-likeness (QED) is 0.600. The summed E-state index contributed by atoms with van der Waals surface area (Å²) in [4.78, 5) is 12.4. The van der Waals surface area contributed by atoms with E-state index in [4.69, 9.17) is 27.9 Å². The minimum absolute atomic E-state index is 0.326. The van der Waals surface area contributed by atoms with Crippen molar-refractivity contribution in [3.8, 4) is 5.75 Å². The van der Waals surface area contributed by atoms with Gasteiger partial charge in [-0.15, -0.1) is 0 Å². The number of nitrogens with one attached hydrogen (secondary N) is 2. The number of ether oxygens (including phenoxy) is 1. The predicted octanol–water partition coefficient (Wildman–Crippen LogP) is 5.30. The van der Waals surface area contributed by atoms with E-state index in [-0.39, 0.29) is 5.91 Å². The number of rotatable bonds is 6. The van der Waals surface area contributed by atoms with E-state index in [0.717, 1.165) is 35.6 Å². The Morgan fingerprint density at radius 3 is 2.69 bits per heavy atom. The van der Waals surface area contributed by atoms with Crippen molar-refractivity contribution in [1.29, 1.82) is 0 Å². The van der Waals surface area contributed by atoms with E-state index < -0.39 is 0 Å². The molecule has 0 unspecified atom stereocenters. The summed E-state index contributed by atoms with van der Waals surface area (Å²) in [5.41, 5.74) is 1.17. The Bertz CT molecular complexity index is 946. The molecule has 1 aliphatic rings. The molecule has 0 spiro atoms. The van der Waals surface area contributed by atoms with E-state index >= 15 is 0 Å². The topological polar surface area (TPSA) is 67.0 Å². The standard InChI is InChI=1S/C19H17Cl2N3O2/c20-13-7-12(8-14(21)9-13)19(25)22-18-16-4-3-15(10-17(16)23-24-18)26-6-5-11-1-2-11/h3-4,7-11H,1-2,5-6H2,(H2,22,23,24,25). The zero-order valence-electron chi connectivity index (χ0n) is 13.9. The maximum Gasteiger partial charge on any atom is 0.256 e. The van der Waals surface area contributed by atoms with Gasteiger partial charge in [0.25, 0.3) is 5.91 Å². The van der Waals surface area contributed by atoms with E-state index in [9.17, 15) is 4.79 Å². The number of H-pyrrole nitrogens is 1. The van der Waals surface area contributed by atoms with Crippen LogP contribution in [0, 0.1) is 5.92 Å². The van der Waals surface area contributed by atoms with Gasteiger partial charge < -0.3 is 10.1 Å². The number of aromatic amines is 1. The van der Waals surface area contributed by atoms with Crippen molar-refractivity contribution >= 4 is 45.8 Å². The molecule has 0 bridgehead atoms. The monoisotopic (exact) mass is 389 g/mol. The normalized spacial score (nSPS) is 13.8. The van der Waals surface area contributed by atoms with Crippen LogP contribution in [0.2, 0.25) is 10.0 Å². The van der Waals surface area contributed by atoms with Crippen molar-refractivity contribution in [3.63, 3.8) is 0 Å². The lowest BCUT2D eigenvalue weighted by molar-refractivity contribution is 0.102. The Morgan fingerprint density at radius 1 is 1.19 bits per heavy atom. The van der Waals surface area contributed by atoms with Crippen molar-refractivity contribution in [2.75, 3.05) is 11.9 Å². The van der Waals surface area contributed by atoms with Gasteiger partial charge in [-0.05, 0) is 42.7 Å². The van der Waals surface area contributed by atoms with Crippen LogP contribution in [0.15, 0.2) is 36.4 Å². The Hall–Kier alpha value is -2.24. The fraction of sp³-hybridized carbons (Fsp3) is 0.263. The second-order valence-electron chi connectivity index (χ2n) is 6.47. The van der Waals surface area contributed by atoms with E-state index in [0.29, 0.717) is 21.4 Å². The Balaban J connectivity index is 1.48. The molecular formula is C19H17Cl2N3O2. The highest BCUT2D eigenvalue weighted by molar-refractivity contribution is 6.35. The van der Waals surface area contributed by atoms with Crippen LogP contribution in [-0.4, -0.2) is 22.7 Å². The van der Waals surface area contributed by atoms with Crippen molar-refractivity contribution in [3.05, 3.63) is 52.0 Å². The Morgan fingerprint density at radius 2 is 1.96 bits per heavy atom. The summed E-state index contributed by atoms with van der Waals surface area (Å²) in [6.07, 6.45) is 3.75. The van der Waals surface area contributed by atoms with Gasteiger partial charge in [0, 0.05) is 27.1 Å². The number of halogens is 2. The second-order valence-corrected chi connectivity index (χ2v) is 7.35. The molecule has 0 aliphatic heterocycles. The SMILES string of the molecule is O=C(Nc1n[nH]c2cc(OCCC3CC3)ccc12)c1cc(Cl)cc(Cl)c1. The molecule has 3 aromatic rings. The van der Waals surface area contributed by atoms with Crippen molar-refractivity contribution in [2.45, 2.75) is 19.3 Å². The summed E-state index contributed by atoms with van der Waals surface area (Å²) in [7, 11) is 0. The smallest absolute Gasteiger partial charge is 0.256 e. The molecule has 134 valence electrons. The average molecular weight is 390 g/mol. The largest absolute Gasteiger partial charge is 0.494 e. The van der Waals surface area contributed by atoms with Crippen molar-refractivity contribution in [1.82, 2.24) is 10.2 Å². The minimum atomic E-state index is -0.326. The molecule has 7 heteroatoms. The predicted molar refractivity (Wildman–Crippen MR) is 103 cm³/mol. The molecule has 1 fully saturated rings. The van der Waals surface area contributed by atoms with E-state index in [2.05, 4.69) is 15.5 Å². The van der Waals surface area contributed by atoms with Crippen LogP contribution < -0.4 is 10.1 Å². The maximum absolute atomic E-state index is 12.4. The van der Waals surface area contributed by atoms with Crippen LogP contribution in [0.3, 0.4) is 0 Å². The summed E-state index contributed by atoms with van der Waals surface area (Å²) < 4.78 is 5.79. The highest BCUT2D eigenvalue weighted by Gasteiger charge is 2.20. The number of benzene rings is 2. The first-order chi connectivity index (χ1) is 12.6. The third kappa shape index (κ3) is 3.94. The lowest BCUT2D eigenvalue weighted by Gasteiger charge is -2.06. The number of anilines is 1. The lowest BCUT2D eigenvalue weighted by Crippen LogP contribution is -2.12. The molecule has 2 aromatic carbocycles. The van der Waals surface area contributed by atoms with Crippen LogP contribution in [0.4, 0.5) is 5.82 Å². The van der Waals surface area contributed by atoms with Gasteiger partial charge in [-0.25, -0.2) is 0 Å². The molecule has 0 saturated heterocycles. The van der Waals surface area contributed by atoms with Gasteiger partial charge in [0.2, 0.25) is 0 Å². The van der Waals surface area contributed by atoms with Gasteiger partial charge in [-0.3, -0.25) is 9.89 Å². The molecule has 1 saturated carbocycles. The molecule has 5 nitrogen and oxygen atoms in total. The minimum Gasteiger partial charge on any atom is -0.494 e. The molecular weight excluding hydrogens is 373 g/mol. The van der Waals surface area contributed by atoms with Gasteiger partial charge in [-0.1, -0.05) is 36.0 Å². The number of aromatic nitrogens is 2. The molecule has 1 heterocycles. The van der Waals surface area contributed by atoms with Gasteiger partial charge in [0.15, 0.2) is 5.82 Å². The van der Waals surface area contributed by atoms with E-state index in [1.807, 2.05) is 18.2 Å². The number of carbonyl (C=O) groups excluding carboxylic acids is 1. The van der Waals surface area contributed by atoms with Crippen LogP contribution in [0.1, 0.15) is 29.6 Å². The summed E-state index contributed by atoms with van der Waals surface area (Å²) in [6, 6.07) is 10.4. The van der Waals surface area contributed by atoms with Crippen molar-refractivity contribution in [2.24, 2.45) is 5.92 Å². The first kappa shape index (κ1) is 17.2. The highest BCUT2D eigenvalue weighted by atomic mass is 35.5. The van der Waals surface area contributed by atoms with E-state index in [1.165, 1.54) is 12.8 Å². The van der Waals surface area contributed by atoms with Crippen LogP contribution in [-0.2, 0) is 0 Å². The van der Waals surface area contributed by atoms with Gasteiger partial charge in [0.05, 0.1) is 12.1 Å². The van der Waals surface area contributed by atoms with Gasteiger partial charge in [-0.2, -0.15) is 5.10 Å². The summed E-state index contributed by atoms with van der Waals surface area (Å²) in [5, 5.41) is 11.5. The van der Waals surface area contributed by atoms with Crippen LogP contribution >= 0.6 is 23.2 Å². The lowest BCUT2D eigenvalue weighted by atomic mass is 10.2. The first-order valence-corrected chi connectivity index (χ1v) is 9.22. The highest BCUT2D eigenvalue weighted by Crippen LogP contribution is 2.32. The molecule has 1 aromatic heterocycles. The molecule has 0 radical (unpaired) electrons. The van der Waals surface area contributed by atoms with Gasteiger partial charge in [0.1, 0.15) is 5.75 Å². The summed E-state index contributed by atoms with van der Waals surface area (Å²) >= 11 is 11.9. The third-order valence-electron chi connectivity index (χ3n) is 4.38. The Kier molecular flexibility index (Phi) is 4.74. The molecule has 4 rings (SSSR count). The second kappa shape index (κ2) is 7.17. The molecule has 2 N–H and O–H groups in total. The average Bonchev–Trinajstić information content (AvgIpc) is 3.34. The van der Waals surface area contributed by atoms with Crippen molar-refractivity contribution < 1.29 is 9.53 Å². The Labute approximate surface area is 160 Å². The summed E-state index contributed by atoms with van der Waals surface area (Å²) in [6.45, 7) is 0.726. The zero-order valence-corrected chi connectivity index (χ0v) is 15.4. The van der Waals surface area contributed by atoms with Crippen LogP contribution in [0.5, 0.6) is 5.75 Å². The number of hydrogen-bond acceptors (Lipinski definition) is 3. The third-order valence-corrected chi connectivity index (χ3v) is 4.82. The maximum atomic E-state index is 12.4. The fourth-order valence-corrected chi connectivity index (χ4v) is 3.32. The number of hydrogen-bond donors (Lipinski definition) is 2. The van der Waals surface area contributed by atoms with E-state index in [1.54, 1.807) is 18.2 Å². The zero-order chi connectivity index (χ0) is 18.1. The molecule has 26 heavy (non-hydrogen) atoms. The fourth-order valence-electron chi connectivity index (χ4n) is 2.80. The first-order valence-electron chi connectivity index (χ1n) is 8.47. The number of carbonyl (C=O) groups is 1. The molecule has 1 aliphatic carbocycles. The van der Waals surface area contributed by atoms with Gasteiger partial charge >= 0.3 is 0 Å². The summed E-state index contributed by atoms with van der Waals surface area (Å²) in [5.74, 6) is 1.76. The number of nitrogens with zero attached hydrogens (tertiary/aromatic N) is 1. The van der Waals surface area contributed by atoms with Crippen LogP contribution in [0.25, 0.3) is 10.9 Å².